The first-order chi connectivity index (χ1) is 16.9. The van der Waals surface area contributed by atoms with Gasteiger partial charge in [0, 0.05) is 56.2 Å². The number of amides is 1. The fourth-order valence-corrected chi connectivity index (χ4v) is 6.31. The highest BCUT2D eigenvalue weighted by Crippen LogP contribution is 2.27. The van der Waals surface area contributed by atoms with E-state index in [1.807, 2.05) is 4.90 Å². The van der Waals surface area contributed by atoms with E-state index in [1.54, 1.807) is 24.3 Å². The minimum absolute atomic E-state index is 0.0800. The summed E-state index contributed by atoms with van der Waals surface area (Å²) in [7, 11) is -3.58. The van der Waals surface area contributed by atoms with Crippen LogP contribution in [0.25, 0.3) is 0 Å². The number of hydrogen-bond donors (Lipinski definition) is 2. The largest absolute Gasteiger partial charge is 0.483 e. The van der Waals surface area contributed by atoms with E-state index in [-0.39, 0.29) is 25.0 Å². The van der Waals surface area contributed by atoms with Crippen LogP contribution in [0.1, 0.15) is 25.7 Å². The quantitative estimate of drug-likeness (QED) is 0.306. The van der Waals surface area contributed by atoms with Gasteiger partial charge in [0.05, 0.1) is 19.3 Å². The first kappa shape index (κ1) is 25.9. The summed E-state index contributed by atoms with van der Waals surface area (Å²) in [5.41, 5.74) is 0.876. The van der Waals surface area contributed by atoms with Crippen molar-refractivity contribution < 1.29 is 22.7 Å². The third kappa shape index (κ3) is 6.34. The molecule has 0 radical (unpaired) electrons. The summed E-state index contributed by atoms with van der Waals surface area (Å²) in [6, 6.07) is 6.84. The molecule has 35 heavy (non-hydrogen) atoms. The molecule has 0 unspecified atom stereocenters. The number of halogens is 1. The van der Waals surface area contributed by atoms with Gasteiger partial charge >= 0.3 is 0 Å². The molecule has 0 aromatic heterocycles. The van der Waals surface area contributed by atoms with Crippen LogP contribution in [0.15, 0.2) is 35.7 Å². The lowest BCUT2D eigenvalue weighted by molar-refractivity contribution is -0.117. The zero-order valence-electron chi connectivity index (χ0n) is 19.6. The first-order valence-electron chi connectivity index (χ1n) is 11.9. The Morgan fingerprint density at radius 1 is 1.09 bits per heavy atom. The molecule has 0 bridgehead atoms. The van der Waals surface area contributed by atoms with Crippen molar-refractivity contribution in [3.05, 3.63) is 40.7 Å². The van der Waals surface area contributed by atoms with Crippen LogP contribution < -0.4 is 5.32 Å². The van der Waals surface area contributed by atoms with Gasteiger partial charge in [-0.1, -0.05) is 17.7 Å². The Morgan fingerprint density at radius 2 is 1.74 bits per heavy atom. The predicted octanol–water partition coefficient (Wildman–Crippen LogP) is 2.29. The molecular weight excluding hydrogens is 494 g/mol. The standard InChI is InChI=1S/C23H32ClN5O5S/c24-18-4-3-5-19(16-18)26-23(30)22(34-20-6-1-2-7-20)21(17-25)27-8-10-28(11-9-27)35(31,32)29-12-14-33-15-13-29/h3-5,16-17,20,25H,1-2,6-15H2,(H,26,30)/b22-21-,25-17?. The highest BCUT2D eigenvalue weighted by molar-refractivity contribution is 7.86. The summed E-state index contributed by atoms with van der Waals surface area (Å²) in [6.07, 6.45) is 4.80. The molecule has 1 aromatic rings. The smallest absolute Gasteiger partial charge is 0.293 e. The highest BCUT2D eigenvalue weighted by atomic mass is 35.5. The molecule has 1 aliphatic carbocycles. The molecule has 1 aromatic carbocycles. The van der Waals surface area contributed by atoms with E-state index < -0.39 is 16.1 Å². The Bertz CT molecular complexity index is 1050. The van der Waals surface area contributed by atoms with Crippen LogP contribution in [0.2, 0.25) is 5.02 Å². The van der Waals surface area contributed by atoms with E-state index in [4.69, 9.17) is 26.5 Å². The lowest BCUT2D eigenvalue weighted by Gasteiger charge is -2.39. The lowest BCUT2D eigenvalue weighted by Crippen LogP contribution is -2.55. The van der Waals surface area contributed by atoms with Crippen LogP contribution in [0.4, 0.5) is 5.69 Å². The normalized spacial score (nSPS) is 21.5. The lowest BCUT2D eigenvalue weighted by atomic mass is 10.2. The van der Waals surface area contributed by atoms with Crippen molar-refractivity contribution in [2.24, 2.45) is 0 Å². The average Bonchev–Trinajstić information content (AvgIpc) is 3.38. The average molecular weight is 526 g/mol. The van der Waals surface area contributed by atoms with Gasteiger partial charge in [-0.2, -0.15) is 17.0 Å². The van der Waals surface area contributed by atoms with Crippen molar-refractivity contribution in [1.82, 2.24) is 13.5 Å². The number of ether oxygens (including phenoxy) is 2. The molecule has 4 rings (SSSR count). The summed E-state index contributed by atoms with van der Waals surface area (Å²) < 4.78 is 40.4. The molecule has 2 N–H and O–H groups in total. The highest BCUT2D eigenvalue weighted by Gasteiger charge is 2.35. The second kappa shape index (κ2) is 11.7. The summed E-state index contributed by atoms with van der Waals surface area (Å²) in [4.78, 5) is 15.1. The van der Waals surface area contributed by atoms with Crippen LogP contribution in [0.3, 0.4) is 0 Å². The molecule has 192 valence electrons. The van der Waals surface area contributed by atoms with Gasteiger partial charge in [-0.3, -0.25) is 4.79 Å². The monoisotopic (exact) mass is 525 g/mol. The fourth-order valence-electron chi connectivity index (χ4n) is 4.56. The van der Waals surface area contributed by atoms with Gasteiger partial charge in [0.1, 0.15) is 5.70 Å². The number of allylic oxidation sites excluding steroid dienone is 1. The summed E-state index contributed by atoms with van der Waals surface area (Å²) in [6.45, 7) is 2.67. The van der Waals surface area contributed by atoms with Crippen molar-refractivity contribution in [1.29, 1.82) is 5.41 Å². The number of morpholine rings is 1. The summed E-state index contributed by atoms with van der Waals surface area (Å²) >= 11 is 6.06. The molecule has 10 nitrogen and oxygen atoms in total. The van der Waals surface area contributed by atoms with E-state index in [0.29, 0.717) is 55.8 Å². The fraction of sp³-hybridized carbons (Fsp3) is 0.565. The molecule has 3 aliphatic rings. The Labute approximate surface area is 211 Å². The number of carbonyl (C=O) groups excluding carboxylic acids is 1. The zero-order chi connectivity index (χ0) is 24.8. The molecule has 12 heteroatoms. The van der Waals surface area contributed by atoms with Crippen molar-refractivity contribution in [3.63, 3.8) is 0 Å². The maximum Gasteiger partial charge on any atom is 0.293 e. The van der Waals surface area contributed by atoms with Crippen molar-refractivity contribution in [2.75, 3.05) is 57.8 Å². The first-order valence-corrected chi connectivity index (χ1v) is 13.7. The molecule has 2 heterocycles. The molecule has 0 atom stereocenters. The Morgan fingerprint density at radius 3 is 2.37 bits per heavy atom. The van der Waals surface area contributed by atoms with Gasteiger partial charge in [0.15, 0.2) is 0 Å². The molecule has 1 saturated carbocycles. The van der Waals surface area contributed by atoms with Gasteiger partial charge in [-0.25, -0.2) is 0 Å². The van der Waals surface area contributed by atoms with Gasteiger partial charge in [-0.05, 0) is 43.9 Å². The van der Waals surface area contributed by atoms with Gasteiger partial charge in [-0.15, -0.1) is 0 Å². The number of carbonyl (C=O) groups is 1. The van der Waals surface area contributed by atoms with Crippen LogP contribution in [-0.4, -0.2) is 92.6 Å². The van der Waals surface area contributed by atoms with E-state index in [1.165, 1.54) is 8.61 Å². The van der Waals surface area contributed by atoms with Crippen molar-refractivity contribution in [3.8, 4) is 0 Å². The van der Waals surface area contributed by atoms with Gasteiger partial charge in [0.2, 0.25) is 5.76 Å². The van der Waals surface area contributed by atoms with Crippen LogP contribution in [0.5, 0.6) is 0 Å². The molecule has 2 aliphatic heterocycles. The van der Waals surface area contributed by atoms with Crippen molar-refractivity contribution >= 4 is 39.6 Å². The number of piperazine rings is 1. The van der Waals surface area contributed by atoms with E-state index in [9.17, 15) is 13.2 Å². The minimum atomic E-state index is -3.58. The molecule has 2 saturated heterocycles. The zero-order valence-corrected chi connectivity index (χ0v) is 21.2. The number of benzene rings is 1. The third-order valence-corrected chi connectivity index (χ3v) is 8.72. The topological polar surface area (TPSA) is 115 Å². The SMILES string of the molecule is N=C/C(=C(/OC1CCCC1)C(=O)Nc1cccc(Cl)c1)N1CCN(S(=O)(=O)N2CCOCC2)CC1. The van der Waals surface area contributed by atoms with E-state index in [2.05, 4.69) is 5.32 Å². The summed E-state index contributed by atoms with van der Waals surface area (Å²) in [5.74, 6) is -0.377. The number of nitrogens with one attached hydrogen (secondary N) is 2. The van der Waals surface area contributed by atoms with E-state index >= 15 is 0 Å². The molecular formula is C23H32ClN5O5S. The second-order valence-corrected chi connectivity index (χ2v) is 11.1. The summed E-state index contributed by atoms with van der Waals surface area (Å²) in [5, 5.41) is 11.4. The number of rotatable bonds is 8. The Hall–Kier alpha value is -2.18. The third-order valence-electron chi connectivity index (χ3n) is 6.45. The molecule has 1 amide bonds. The van der Waals surface area contributed by atoms with Crippen LogP contribution in [-0.2, 0) is 24.5 Å². The van der Waals surface area contributed by atoms with Crippen LogP contribution >= 0.6 is 11.6 Å². The molecule has 3 fully saturated rings. The van der Waals surface area contributed by atoms with Crippen molar-refractivity contribution in [2.45, 2.75) is 31.8 Å². The van der Waals surface area contributed by atoms with Crippen LogP contribution in [0, 0.1) is 5.41 Å². The number of anilines is 1. The Kier molecular flexibility index (Phi) is 8.66. The maximum absolute atomic E-state index is 13.3. The minimum Gasteiger partial charge on any atom is -0.483 e. The molecule has 0 spiro atoms. The maximum atomic E-state index is 13.3. The number of hydrogen-bond acceptors (Lipinski definition) is 7. The Balaban J connectivity index is 1.51. The second-order valence-electron chi connectivity index (χ2n) is 8.75. The van der Waals surface area contributed by atoms with Gasteiger partial charge in [0.25, 0.3) is 16.1 Å². The van der Waals surface area contributed by atoms with E-state index in [0.717, 1.165) is 31.9 Å². The number of nitrogens with zero attached hydrogens (tertiary/aromatic N) is 3. The predicted molar refractivity (Wildman–Crippen MR) is 134 cm³/mol. The van der Waals surface area contributed by atoms with Gasteiger partial charge < -0.3 is 25.1 Å².